The van der Waals surface area contributed by atoms with Gasteiger partial charge in [0, 0.05) is 30.3 Å². The number of hydrogen-bond donors (Lipinski definition) is 2. The monoisotopic (exact) mass is 276 g/mol. The van der Waals surface area contributed by atoms with E-state index in [4.69, 9.17) is 0 Å². The SMILES string of the molecule is CC(C)NC(=O)CCNc1ncnc2c1CCCCC2. The van der Waals surface area contributed by atoms with Crippen LogP contribution < -0.4 is 10.6 Å². The molecule has 2 rings (SSSR count). The number of carbonyl (C=O) groups excluding carboxylic acids is 1. The second-order valence-corrected chi connectivity index (χ2v) is 5.61. The molecule has 5 heteroatoms. The summed E-state index contributed by atoms with van der Waals surface area (Å²) >= 11 is 0. The van der Waals surface area contributed by atoms with Crippen LogP contribution in [-0.4, -0.2) is 28.5 Å². The molecule has 5 nitrogen and oxygen atoms in total. The number of amides is 1. The Labute approximate surface area is 120 Å². The maximum absolute atomic E-state index is 11.6. The van der Waals surface area contributed by atoms with E-state index in [1.165, 1.54) is 30.5 Å². The Kier molecular flexibility index (Phi) is 5.32. The van der Waals surface area contributed by atoms with Gasteiger partial charge in [-0.25, -0.2) is 9.97 Å². The highest BCUT2D eigenvalue weighted by atomic mass is 16.1. The van der Waals surface area contributed by atoms with E-state index in [9.17, 15) is 4.79 Å². The molecule has 1 aromatic rings. The molecule has 0 saturated heterocycles. The Balaban J connectivity index is 1.91. The molecule has 0 saturated carbocycles. The third-order valence-electron chi connectivity index (χ3n) is 3.47. The lowest BCUT2D eigenvalue weighted by Gasteiger charge is -2.13. The summed E-state index contributed by atoms with van der Waals surface area (Å²) in [6.07, 6.45) is 7.84. The van der Waals surface area contributed by atoms with E-state index in [1.807, 2.05) is 13.8 Å². The zero-order valence-corrected chi connectivity index (χ0v) is 12.4. The number of rotatable bonds is 5. The first-order valence-electron chi connectivity index (χ1n) is 7.53. The topological polar surface area (TPSA) is 66.9 Å². The van der Waals surface area contributed by atoms with Gasteiger partial charge in [-0.15, -0.1) is 0 Å². The van der Waals surface area contributed by atoms with Crippen molar-refractivity contribution in [1.82, 2.24) is 15.3 Å². The van der Waals surface area contributed by atoms with Crippen molar-refractivity contribution in [2.75, 3.05) is 11.9 Å². The van der Waals surface area contributed by atoms with Crippen LogP contribution >= 0.6 is 0 Å². The summed E-state index contributed by atoms with van der Waals surface area (Å²) < 4.78 is 0. The number of hydrogen-bond acceptors (Lipinski definition) is 4. The number of carbonyl (C=O) groups is 1. The molecule has 1 aromatic heterocycles. The number of anilines is 1. The molecule has 0 radical (unpaired) electrons. The Morgan fingerprint density at radius 2 is 2.05 bits per heavy atom. The summed E-state index contributed by atoms with van der Waals surface area (Å²) in [5, 5.41) is 6.18. The quantitative estimate of drug-likeness (QED) is 0.808. The van der Waals surface area contributed by atoms with E-state index in [-0.39, 0.29) is 11.9 Å². The molecule has 1 aliphatic carbocycles. The van der Waals surface area contributed by atoms with Crippen molar-refractivity contribution in [2.24, 2.45) is 0 Å². The van der Waals surface area contributed by atoms with E-state index in [1.54, 1.807) is 6.33 Å². The Morgan fingerprint density at radius 1 is 1.25 bits per heavy atom. The molecular formula is C15H24N4O. The zero-order chi connectivity index (χ0) is 14.4. The van der Waals surface area contributed by atoms with Gasteiger partial charge in [0.1, 0.15) is 12.1 Å². The summed E-state index contributed by atoms with van der Waals surface area (Å²) in [6, 6.07) is 0.192. The van der Waals surface area contributed by atoms with Crippen molar-refractivity contribution < 1.29 is 4.79 Å². The van der Waals surface area contributed by atoms with Gasteiger partial charge in [0.25, 0.3) is 0 Å². The van der Waals surface area contributed by atoms with Gasteiger partial charge in [-0.1, -0.05) is 6.42 Å². The van der Waals surface area contributed by atoms with Gasteiger partial charge in [0.2, 0.25) is 5.91 Å². The van der Waals surface area contributed by atoms with Gasteiger partial charge in [0.15, 0.2) is 0 Å². The fraction of sp³-hybridized carbons (Fsp3) is 0.667. The van der Waals surface area contributed by atoms with Gasteiger partial charge in [-0.2, -0.15) is 0 Å². The van der Waals surface area contributed by atoms with Crippen LogP contribution in [-0.2, 0) is 17.6 Å². The lowest BCUT2D eigenvalue weighted by Crippen LogP contribution is -2.31. The molecule has 0 aromatic carbocycles. The largest absolute Gasteiger partial charge is 0.369 e. The molecule has 20 heavy (non-hydrogen) atoms. The average Bonchev–Trinajstić information content (AvgIpc) is 2.63. The number of aryl methyl sites for hydroxylation is 1. The van der Waals surface area contributed by atoms with Crippen LogP contribution in [0.3, 0.4) is 0 Å². The summed E-state index contributed by atoms with van der Waals surface area (Å²) in [7, 11) is 0. The normalized spacial score (nSPS) is 14.6. The first-order chi connectivity index (χ1) is 9.66. The number of nitrogens with one attached hydrogen (secondary N) is 2. The summed E-state index contributed by atoms with van der Waals surface area (Å²) in [5.74, 6) is 0.988. The van der Waals surface area contributed by atoms with Crippen molar-refractivity contribution in [3.05, 3.63) is 17.6 Å². The Bertz CT molecular complexity index is 459. The summed E-state index contributed by atoms with van der Waals surface area (Å²) in [6.45, 7) is 4.55. The van der Waals surface area contributed by atoms with Crippen molar-refractivity contribution in [3.8, 4) is 0 Å². The van der Waals surface area contributed by atoms with Crippen molar-refractivity contribution in [1.29, 1.82) is 0 Å². The van der Waals surface area contributed by atoms with E-state index in [2.05, 4.69) is 20.6 Å². The Morgan fingerprint density at radius 3 is 2.85 bits per heavy atom. The van der Waals surface area contributed by atoms with Gasteiger partial charge < -0.3 is 10.6 Å². The minimum Gasteiger partial charge on any atom is -0.369 e. The lowest BCUT2D eigenvalue weighted by molar-refractivity contribution is -0.121. The predicted octanol–water partition coefficient (Wildman–Crippen LogP) is 2.07. The zero-order valence-electron chi connectivity index (χ0n) is 12.4. The third kappa shape index (κ3) is 4.18. The second kappa shape index (κ2) is 7.22. The van der Waals surface area contributed by atoms with Crippen LogP contribution in [0.4, 0.5) is 5.82 Å². The molecule has 0 atom stereocenters. The third-order valence-corrected chi connectivity index (χ3v) is 3.47. The molecule has 0 spiro atoms. The highest BCUT2D eigenvalue weighted by Gasteiger charge is 2.14. The van der Waals surface area contributed by atoms with Crippen molar-refractivity contribution in [3.63, 3.8) is 0 Å². The molecule has 1 aliphatic rings. The first kappa shape index (κ1) is 14.8. The smallest absolute Gasteiger partial charge is 0.221 e. The van der Waals surface area contributed by atoms with Crippen molar-refractivity contribution >= 4 is 11.7 Å². The standard InChI is InChI=1S/C15H24N4O/c1-11(2)19-14(20)8-9-16-15-12-6-4-3-5-7-13(12)17-10-18-15/h10-11H,3-9H2,1-2H3,(H,19,20)(H,16,17,18). The lowest BCUT2D eigenvalue weighted by atomic mass is 10.1. The molecule has 2 N–H and O–H groups in total. The maximum Gasteiger partial charge on any atom is 0.221 e. The molecular weight excluding hydrogens is 252 g/mol. The number of aromatic nitrogens is 2. The van der Waals surface area contributed by atoms with Crippen LogP contribution in [0.5, 0.6) is 0 Å². The van der Waals surface area contributed by atoms with Crippen LogP contribution in [0.2, 0.25) is 0 Å². The fourth-order valence-electron chi connectivity index (χ4n) is 2.54. The molecule has 0 fully saturated rings. The fourth-order valence-corrected chi connectivity index (χ4v) is 2.54. The molecule has 0 bridgehead atoms. The van der Waals surface area contributed by atoms with Crippen molar-refractivity contribution in [2.45, 2.75) is 58.4 Å². The van der Waals surface area contributed by atoms with Crippen LogP contribution in [0.1, 0.15) is 50.8 Å². The highest BCUT2D eigenvalue weighted by molar-refractivity contribution is 5.76. The van der Waals surface area contributed by atoms with Crippen LogP contribution in [0.15, 0.2) is 6.33 Å². The first-order valence-corrected chi connectivity index (χ1v) is 7.53. The number of nitrogens with zero attached hydrogens (tertiary/aromatic N) is 2. The second-order valence-electron chi connectivity index (χ2n) is 5.61. The maximum atomic E-state index is 11.6. The Hall–Kier alpha value is -1.65. The van der Waals surface area contributed by atoms with Gasteiger partial charge >= 0.3 is 0 Å². The summed E-state index contributed by atoms with van der Waals surface area (Å²) in [4.78, 5) is 20.3. The van der Waals surface area contributed by atoms with Crippen LogP contribution in [0, 0.1) is 0 Å². The highest BCUT2D eigenvalue weighted by Crippen LogP contribution is 2.23. The molecule has 1 amide bonds. The molecule has 0 aliphatic heterocycles. The van der Waals surface area contributed by atoms with Gasteiger partial charge in [-0.05, 0) is 39.5 Å². The number of fused-ring (bicyclic) bond motifs is 1. The van der Waals surface area contributed by atoms with E-state index in [0.29, 0.717) is 13.0 Å². The molecule has 110 valence electrons. The van der Waals surface area contributed by atoms with E-state index in [0.717, 1.165) is 18.7 Å². The van der Waals surface area contributed by atoms with E-state index < -0.39 is 0 Å². The van der Waals surface area contributed by atoms with E-state index >= 15 is 0 Å². The van der Waals surface area contributed by atoms with Crippen LogP contribution in [0.25, 0.3) is 0 Å². The minimum absolute atomic E-state index is 0.0765. The van der Waals surface area contributed by atoms with Gasteiger partial charge in [-0.3, -0.25) is 4.79 Å². The minimum atomic E-state index is 0.0765. The molecule has 1 heterocycles. The molecule has 0 unspecified atom stereocenters. The van der Waals surface area contributed by atoms with Gasteiger partial charge in [0.05, 0.1) is 0 Å². The average molecular weight is 276 g/mol. The predicted molar refractivity (Wildman–Crippen MR) is 79.7 cm³/mol. The summed E-state index contributed by atoms with van der Waals surface area (Å²) in [5.41, 5.74) is 2.42.